The van der Waals surface area contributed by atoms with Crippen LogP contribution in [0.4, 0.5) is 0 Å². The molecular formula is C12H19N3O7. The molecule has 1 fully saturated rings. The number of hydrogen-bond acceptors (Lipinski definition) is 8. The summed E-state index contributed by atoms with van der Waals surface area (Å²) in [4.78, 5) is 25.6. The van der Waals surface area contributed by atoms with Gasteiger partial charge in [0.25, 0.3) is 5.56 Å². The van der Waals surface area contributed by atoms with E-state index in [-0.39, 0.29) is 25.3 Å². The number of aromatic amines is 1. The molecule has 22 heavy (non-hydrogen) atoms. The van der Waals surface area contributed by atoms with Gasteiger partial charge in [0, 0.05) is 12.7 Å². The molecule has 0 aliphatic carbocycles. The van der Waals surface area contributed by atoms with Gasteiger partial charge in [-0.2, -0.15) is 0 Å². The van der Waals surface area contributed by atoms with Gasteiger partial charge in [-0.1, -0.05) is 0 Å². The molecule has 0 unspecified atom stereocenters. The number of aromatic nitrogens is 2. The van der Waals surface area contributed by atoms with Crippen LogP contribution < -0.4 is 17.0 Å². The molecule has 1 aliphatic heterocycles. The summed E-state index contributed by atoms with van der Waals surface area (Å²) in [6.45, 7) is -0.0559. The number of aliphatic hydroxyl groups is 3. The molecular weight excluding hydrogens is 298 g/mol. The molecule has 10 heteroatoms. The predicted molar refractivity (Wildman–Crippen MR) is 73.0 cm³/mol. The van der Waals surface area contributed by atoms with Crippen LogP contribution in [0.1, 0.15) is 11.8 Å². The van der Waals surface area contributed by atoms with Gasteiger partial charge >= 0.3 is 5.69 Å². The highest BCUT2D eigenvalue weighted by molar-refractivity contribution is 5.05. The molecule has 0 aromatic carbocycles. The van der Waals surface area contributed by atoms with Crippen molar-refractivity contribution in [2.45, 2.75) is 31.1 Å². The first-order valence-corrected chi connectivity index (χ1v) is 6.74. The molecule has 0 spiro atoms. The maximum Gasteiger partial charge on any atom is 0.330 e. The van der Waals surface area contributed by atoms with E-state index in [0.29, 0.717) is 0 Å². The monoisotopic (exact) mass is 317 g/mol. The predicted octanol–water partition coefficient (Wildman–Crippen LogP) is -3.38. The lowest BCUT2D eigenvalue weighted by Crippen LogP contribution is -2.39. The number of H-pyrrole nitrogens is 1. The second-order valence-corrected chi connectivity index (χ2v) is 4.89. The van der Waals surface area contributed by atoms with E-state index in [9.17, 15) is 19.8 Å². The Labute approximate surface area is 124 Å². The van der Waals surface area contributed by atoms with E-state index < -0.39 is 42.4 Å². The van der Waals surface area contributed by atoms with E-state index in [0.717, 1.165) is 4.57 Å². The van der Waals surface area contributed by atoms with E-state index in [2.05, 4.69) is 4.98 Å². The van der Waals surface area contributed by atoms with Crippen molar-refractivity contribution in [3.63, 3.8) is 0 Å². The maximum atomic E-state index is 11.9. The maximum absolute atomic E-state index is 11.9. The van der Waals surface area contributed by atoms with E-state index in [1.165, 1.54) is 6.20 Å². The fourth-order valence-electron chi connectivity index (χ4n) is 2.19. The van der Waals surface area contributed by atoms with Crippen LogP contribution in [0.15, 0.2) is 15.8 Å². The average molecular weight is 317 g/mol. The average Bonchev–Trinajstić information content (AvgIpc) is 2.77. The Balaban J connectivity index is 2.29. The van der Waals surface area contributed by atoms with Gasteiger partial charge in [-0.05, 0) is 0 Å². The van der Waals surface area contributed by atoms with Crippen molar-refractivity contribution in [2.24, 2.45) is 5.73 Å². The molecule has 4 atom stereocenters. The number of ether oxygens (including phenoxy) is 2. The van der Waals surface area contributed by atoms with Crippen molar-refractivity contribution < 1.29 is 24.8 Å². The molecule has 6 N–H and O–H groups in total. The Morgan fingerprint density at radius 2 is 2.09 bits per heavy atom. The Bertz CT molecular complexity index is 613. The highest BCUT2D eigenvalue weighted by atomic mass is 16.6. The van der Waals surface area contributed by atoms with Crippen molar-refractivity contribution in [3.8, 4) is 0 Å². The van der Waals surface area contributed by atoms with Crippen molar-refractivity contribution in [1.82, 2.24) is 9.55 Å². The van der Waals surface area contributed by atoms with Crippen molar-refractivity contribution in [2.75, 3.05) is 19.8 Å². The molecule has 1 aromatic rings. The Kier molecular flexibility index (Phi) is 5.45. The summed E-state index contributed by atoms with van der Waals surface area (Å²) in [5.41, 5.74) is 4.00. The number of nitrogens with zero attached hydrogens (tertiary/aromatic N) is 1. The van der Waals surface area contributed by atoms with Gasteiger partial charge in [0.15, 0.2) is 6.23 Å². The van der Waals surface area contributed by atoms with Gasteiger partial charge in [0.1, 0.15) is 18.3 Å². The summed E-state index contributed by atoms with van der Waals surface area (Å²) in [7, 11) is 0. The number of nitrogens with two attached hydrogens (primary N) is 1. The first kappa shape index (κ1) is 16.8. The van der Waals surface area contributed by atoms with Gasteiger partial charge in [-0.15, -0.1) is 0 Å². The summed E-state index contributed by atoms with van der Waals surface area (Å²) in [5.74, 6) is 0. The van der Waals surface area contributed by atoms with Crippen LogP contribution in [-0.2, 0) is 16.1 Å². The molecule has 124 valence electrons. The van der Waals surface area contributed by atoms with Crippen LogP contribution in [0.2, 0.25) is 0 Å². The quantitative estimate of drug-likeness (QED) is 0.340. The third-order valence-corrected chi connectivity index (χ3v) is 3.35. The minimum Gasteiger partial charge on any atom is -0.394 e. The lowest BCUT2D eigenvalue weighted by molar-refractivity contribution is -0.0553. The number of nitrogens with one attached hydrogen (secondary N) is 1. The molecule has 10 nitrogen and oxygen atoms in total. The van der Waals surface area contributed by atoms with Gasteiger partial charge in [-0.3, -0.25) is 14.3 Å². The van der Waals surface area contributed by atoms with Crippen LogP contribution in [0.25, 0.3) is 0 Å². The van der Waals surface area contributed by atoms with E-state index in [1.54, 1.807) is 0 Å². The molecule has 2 heterocycles. The van der Waals surface area contributed by atoms with Crippen LogP contribution in [0.5, 0.6) is 0 Å². The van der Waals surface area contributed by atoms with Gasteiger partial charge in [-0.25, -0.2) is 4.79 Å². The highest BCUT2D eigenvalue weighted by Crippen LogP contribution is 2.27. The molecule has 0 bridgehead atoms. The molecule has 2 rings (SSSR count). The zero-order valence-corrected chi connectivity index (χ0v) is 11.7. The van der Waals surface area contributed by atoms with Crippen LogP contribution in [-0.4, -0.2) is 62.9 Å². The third-order valence-electron chi connectivity index (χ3n) is 3.35. The zero-order chi connectivity index (χ0) is 16.3. The van der Waals surface area contributed by atoms with Gasteiger partial charge < -0.3 is 30.5 Å². The zero-order valence-electron chi connectivity index (χ0n) is 11.7. The Morgan fingerprint density at radius 3 is 2.68 bits per heavy atom. The third kappa shape index (κ3) is 3.27. The highest BCUT2D eigenvalue weighted by Gasteiger charge is 2.43. The fraction of sp³-hybridized carbons (Fsp3) is 0.667. The number of hydrogen-bond donors (Lipinski definition) is 5. The summed E-state index contributed by atoms with van der Waals surface area (Å²) >= 11 is 0. The molecule has 0 amide bonds. The lowest BCUT2D eigenvalue weighted by Gasteiger charge is -2.18. The first-order valence-electron chi connectivity index (χ1n) is 6.74. The summed E-state index contributed by atoms with van der Waals surface area (Å²) < 4.78 is 11.3. The topological polar surface area (TPSA) is 160 Å². The largest absolute Gasteiger partial charge is 0.394 e. The van der Waals surface area contributed by atoms with Crippen LogP contribution in [0.3, 0.4) is 0 Å². The standard InChI is InChI=1S/C12H19N3O7/c13-1-2-21-5-6-3-15(12(20)14-10(6)19)11-9(18)8(17)7(4-16)22-11/h3,7-9,11,16-18H,1-2,4-5,13H2,(H,14,19,20)/t7-,8-,9-,11-/m1/s1. The second kappa shape index (κ2) is 7.13. The number of aliphatic hydroxyl groups excluding tert-OH is 3. The first-order chi connectivity index (χ1) is 10.5. The molecule has 1 aliphatic rings. The minimum atomic E-state index is -1.42. The minimum absolute atomic E-state index is 0.0678. The molecule has 1 aromatic heterocycles. The van der Waals surface area contributed by atoms with Gasteiger partial charge in [0.05, 0.1) is 25.4 Å². The van der Waals surface area contributed by atoms with E-state index in [4.69, 9.17) is 20.3 Å². The summed E-state index contributed by atoms with van der Waals surface area (Å²) in [6, 6.07) is 0. The van der Waals surface area contributed by atoms with Crippen molar-refractivity contribution in [3.05, 3.63) is 32.6 Å². The SMILES string of the molecule is NCCOCc1cn([C@@H]2O[C@H](CO)[C@@H](O)[C@H]2O)c(=O)[nH]c1=O. The van der Waals surface area contributed by atoms with Crippen molar-refractivity contribution in [1.29, 1.82) is 0 Å². The summed E-state index contributed by atoms with van der Waals surface area (Å²) in [6.07, 6.45) is -3.80. The lowest BCUT2D eigenvalue weighted by atomic mass is 10.1. The molecule has 1 saturated heterocycles. The van der Waals surface area contributed by atoms with Gasteiger partial charge in [0.2, 0.25) is 0 Å². The normalized spacial score (nSPS) is 28.2. The molecule has 0 radical (unpaired) electrons. The second-order valence-electron chi connectivity index (χ2n) is 4.89. The van der Waals surface area contributed by atoms with E-state index >= 15 is 0 Å². The van der Waals surface area contributed by atoms with Crippen LogP contribution >= 0.6 is 0 Å². The number of rotatable bonds is 6. The fourth-order valence-corrected chi connectivity index (χ4v) is 2.19. The van der Waals surface area contributed by atoms with Crippen LogP contribution in [0, 0.1) is 0 Å². The Hall–Kier alpha value is -1.56. The van der Waals surface area contributed by atoms with Crippen molar-refractivity contribution >= 4 is 0 Å². The summed E-state index contributed by atoms with van der Waals surface area (Å²) in [5, 5.41) is 28.7. The smallest absolute Gasteiger partial charge is 0.330 e. The molecule has 0 saturated carbocycles. The van der Waals surface area contributed by atoms with E-state index in [1.807, 2.05) is 0 Å². The Morgan fingerprint density at radius 1 is 1.36 bits per heavy atom.